The van der Waals surface area contributed by atoms with E-state index < -0.39 is 0 Å². The van der Waals surface area contributed by atoms with Crippen LogP contribution < -0.4 is 0 Å². The van der Waals surface area contributed by atoms with E-state index >= 15 is 0 Å². The van der Waals surface area contributed by atoms with Gasteiger partial charge in [0.1, 0.15) is 16.6 Å². The predicted molar refractivity (Wildman–Crippen MR) is 117 cm³/mol. The Labute approximate surface area is 169 Å². The van der Waals surface area contributed by atoms with Crippen molar-refractivity contribution in [3.05, 3.63) is 42.0 Å². The van der Waals surface area contributed by atoms with E-state index in [1.807, 2.05) is 0 Å². The molecule has 2 nitrogen and oxygen atoms in total. The number of carbonyl (C=O) groups excluding carboxylic acids is 1. The lowest BCUT2D eigenvalue weighted by atomic mass is 9.87. The molecule has 2 rings (SSSR count). The smallest absolute Gasteiger partial charge is 0.333 e. The molecule has 1 fully saturated rings. The van der Waals surface area contributed by atoms with Crippen LogP contribution in [0, 0.1) is 0 Å². The quantitative estimate of drug-likeness (QED) is 0.329. The summed E-state index contributed by atoms with van der Waals surface area (Å²) in [5.74, 6) is -0.238. The van der Waals surface area contributed by atoms with Gasteiger partial charge in [-0.05, 0) is 49.8 Å². The van der Waals surface area contributed by atoms with Crippen molar-refractivity contribution in [1.82, 2.24) is 0 Å². The van der Waals surface area contributed by atoms with Crippen LogP contribution in [0.4, 0.5) is 0 Å². The average molecular weight is 390 g/mol. The summed E-state index contributed by atoms with van der Waals surface area (Å²) < 4.78 is 5.75. The highest BCUT2D eigenvalue weighted by Gasteiger charge is 2.45. The van der Waals surface area contributed by atoms with Crippen molar-refractivity contribution in [3.63, 3.8) is 0 Å². The van der Waals surface area contributed by atoms with E-state index in [9.17, 15) is 4.79 Å². The fourth-order valence-corrected chi connectivity index (χ4v) is 7.08. The Kier molecular flexibility index (Phi) is 7.62. The second-order valence-electron chi connectivity index (χ2n) is 9.00. The largest absolute Gasteiger partial charge is 0.459 e. The van der Waals surface area contributed by atoms with Gasteiger partial charge in [-0.3, -0.25) is 0 Å². The molecule has 0 aliphatic carbocycles. The van der Waals surface area contributed by atoms with Crippen LogP contribution in [0.25, 0.3) is 0 Å². The van der Waals surface area contributed by atoms with Crippen molar-refractivity contribution in [2.45, 2.75) is 101 Å². The third-order valence-electron chi connectivity index (χ3n) is 5.41. The van der Waals surface area contributed by atoms with Crippen LogP contribution in [-0.4, -0.2) is 22.6 Å². The third-order valence-corrected chi connectivity index (χ3v) is 8.43. The lowest BCUT2D eigenvalue weighted by Crippen LogP contribution is -2.43. The number of esters is 1. The highest BCUT2D eigenvalue weighted by molar-refractivity contribution is 7.98. The highest BCUT2D eigenvalue weighted by atomic mass is 32.2. The Morgan fingerprint density at radius 2 is 1.85 bits per heavy atom. The molecular formula is C24H37O2S+. The molecule has 4 atom stereocenters. The van der Waals surface area contributed by atoms with E-state index in [0.717, 1.165) is 12.8 Å². The van der Waals surface area contributed by atoms with Gasteiger partial charge < -0.3 is 4.74 Å². The van der Waals surface area contributed by atoms with Crippen LogP contribution in [0.3, 0.4) is 0 Å². The molecule has 150 valence electrons. The lowest BCUT2D eigenvalue weighted by Gasteiger charge is -2.33. The van der Waals surface area contributed by atoms with Crippen molar-refractivity contribution in [1.29, 1.82) is 0 Å². The second-order valence-corrected chi connectivity index (χ2v) is 11.7. The second kappa shape index (κ2) is 9.32. The van der Waals surface area contributed by atoms with Gasteiger partial charge in [0.15, 0.2) is 4.90 Å². The normalized spacial score (nSPS) is 25.9. The van der Waals surface area contributed by atoms with Gasteiger partial charge in [0.2, 0.25) is 0 Å². The van der Waals surface area contributed by atoms with E-state index in [4.69, 9.17) is 4.74 Å². The summed E-state index contributed by atoms with van der Waals surface area (Å²) in [5, 5.41) is 1.13. The van der Waals surface area contributed by atoms with Crippen molar-refractivity contribution in [2.24, 2.45) is 0 Å². The summed E-state index contributed by atoms with van der Waals surface area (Å²) in [4.78, 5) is 13.5. The van der Waals surface area contributed by atoms with Crippen LogP contribution in [0.1, 0.15) is 79.2 Å². The SMILES string of the molecule is C=C(C)C(=O)OC1CC(C)[S+](c2ccc(C(C)(C)C)cc2)C(CCCC)C1. The lowest BCUT2D eigenvalue weighted by molar-refractivity contribution is -0.145. The molecule has 0 radical (unpaired) electrons. The topological polar surface area (TPSA) is 26.3 Å². The zero-order valence-electron chi connectivity index (χ0n) is 18.0. The maximum atomic E-state index is 12.0. The first-order valence-corrected chi connectivity index (χ1v) is 11.7. The fourth-order valence-electron chi connectivity index (χ4n) is 3.86. The van der Waals surface area contributed by atoms with E-state index in [1.54, 1.807) is 6.92 Å². The van der Waals surface area contributed by atoms with E-state index in [0.29, 0.717) is 16.1 Å². The number of carbonyl (C=O) groups is 1. The van der Waals surface area contributed by atoms with Gasteiger partial charge in [0, 0.05) is 29.3 Å². The minimum atomic E-state index is -0.238. The third kappa shape index (κ3) is 5.88. The van der Waals surface area contributed by atoms with Crippen molar-refractivity contribution < 1.29 is 9.53 Å². The summed E-state index contributed by atoms with van der Waals surface area (Å²) in [5.41, 5.74) is 2.07. The number of rotatable bonds is 6. The van der Waals surface area contributed by atoms with Gasteiger partial charge in [-0.25, -0.2) is 4.79 Å². The molecule has 1 aromatic rings. The van der Waals surface area contributed by atoms with Gasteiger partial charge in [-0.1, -0.05) is 52.8 Å². The molecule has 0 spiro atoms. The van der Waals surface area contributed by atoms with Crippen LogP contribution in [-0.2, 0) is 25.8 Å². The van der Waals surface area contributed by atoms with Crippen molar-refractivity contribution in [2.75, 3.05) is 0 Å². The van der Waals surface area contributed by atoms with Crippen LogP contribution >= 0.6 is 0 Å². The Morgan fingerprint density at radius 3 is 2.37 bits per heavy atom. The Balaban J connectivity index is 2.20. The maximum Gasteiger partial charge on any atom is 0.333 e. The number of ether oxygens (including phenoxy) is 1. The van der Waals surface area contributed by atoms with E-state index in [2.05, 4.69) is 65.5 Å². The molecule has 1 aliphatic heterocycles. The first-order valence-electron chi connectivity index (χ1n) is 10.3. The molecule has 1 heterocycles. The summed E-state index contributed by atoms with van der Waals surface area (Å²) >= 11 is 0. The molecule has 0 amide bonds. The number of hydrogen-bond acceptors (Lipinski definition) is 2. The van der Waals surface area contributed by atoms with E-state index in [-0.39, 0.29) is 28.4 Å². The van der Waals surface area contributed by atoms with Gasteiger partial charge in [-0.2, -0.15) is 0 Å². The minimum absolute atomic E-state index is 0.0312. The highest BCUT2D eigenvalue weighted by Crippen LogP contribution is 2.38. The van der Waals surface area contributed by atoms with Gasteiger partial charge >= 0.3 is 5.97 Å². The molecule has 3 heteroatoms. The number of hydrogen-bond donors (Lipinski definition) is 0. The van der Waals surface area contributed by atoms with Crippen LogP contribution in [0.5, 0.6) is 0 Å². The zero-order valence-corrected chi connectivity index (χ0v) is 18.8. The van der Waals surface area contributed by atoms with Crippen molar-refractivity contribution >= 4 is 16.9 Å². The number of benzene rings is 1. The van der Waals surface area contributed by atoms with Crippen molar-refractivity contribution in [3.8, 4) is 0 Å². The predicted octanol–water partition coefficient (Wildman–Crippen LogP) is 6.19. The zero-order chi connectivity index (χ0) is 20.2. The minimum Gasteiger partial charge on any atom is -0.459 e. The molecule has 0 saturated carbocycles. The monoisotopic (exact) mass is 389 g/mol. The Hall–Kier alpha value is -1.22. The molecule has 27 heavy (non-hydrogen) atoms. The van der Waals surface area contributed by atoms with E-state index in [1.165, 1.54) is 29.7 Å². The first kappa shape index (κ1) is 22.1. The summed E-state index contributed by atoms with van der Waals surface area (Å²) in [6.45, 7) is 16.8. The van der Waals surface area contributed by atoms with Crippen LogP contribution in [0.15, 0.2) is 41.3 Å². The molecular weight excluding hydrogens is 352 g/mol. The molecule has 1 aliphatic rings. The molecule has 1 saturated heterocycles. The average Bonchev–Trinajstić information content (AvgIpc) is 2.59. The Morgan fingerprint density at radius 1 is 1.22 bits per heavy atom. The summed E-state index contributed by atoms with van der Waals surface area (Å²) in [7, 11) is 0.213. The molecule has 0 bridgehead atoms. The molecule has 1 aromatic carbocycles. The fraction of sp³-hybridized carbons (Fsp3) is 0.625. The standard InChI is InChI=1S/C24H37O2S/c1-8-9-10-22-16-20(26-23(25)17(2)3)15-18(4)27(22)21-13-11-19(12-14-21)24(5,6)7/h11-14,18,20,22H,2,8-10,15-16H2,1,3-7H3/q+1. The molecule has 0 N–H and O–H groups in total. The molecule has 4 unspecified atom stereocenters. The van der Waals surface area contributed by atoms with Gasteiger partial charge in [-0.15, -0.1) is 0 Å². The number of unbranched alkanes of at least 4 members (excludes halogenated alkanes) is 1. The summed E-state index contributed by atoms with van der Waals surface area (Å²) in [6, 6.07) is 9.30. The van der Waals surface area contributed by atoms with Gasteiger partial charge in [0.05, 0.1) is 0 Å². The maximum absolute atomic E-state index is 12.0. The van der Waals surface area contributed by atoms with Crippen LogP contribution in [0.2, 0.25) is 0 Å². The first-order chi connectivity index (χ1) is 12.6. The van der Waals surface area contributed by atoms with Gasteiger partial charge in [0.25, 0.3) is 0 Å². The summed E-state index contributed by atoms with van der Waals surface area (Å²) in [6.07, 6.45) is 5.62. The Bertz CT molecular complexity index is 641. The molecule has 0 aromatic heterocycles.